The summed E-state index contributed by atoms with van der Waals surface area (Å²) in [6.45, 7) is 12.2. The third kappa shape index (κ3) is 4.74. The molecule has 1 aromatic heterocycles. The minimum Gasteiger partial charge on any atom is -0.450 e. The molecule has 2 saturated heterocycles. The average molecular weight is 496 g/mol. The molecule has 0 saturated carbocycles. The number of amides is 1. The number of hydrogen-bond donors (Lipinski definition) is 0. The van der Waals surface area contributed by atoms with E-state index < -0.39 is 23.4 Å². The second-order valence-corrected chi connectivity index (χ2v) is 10.6. The standard InChI is InChI=1S/C24H32F3N5O3/c1-15-13-30(10-11-32(15)18-12-17(24(25,26)27)28-14-29-18)20(33)19-16(2)21(34)35-23(19)6-8-31(9-7-23)22(3,4)5/h12,14-15H,6-11,13H2,1-5H3/t15-/m0/s1. The third-order valence-corrected chi connectivity index (χ3v) is 7.31. The summed E-state index contributed by atoms with van der Waals surface area (Å²) in [5.41, 5.74) is -1.17. The van der Waals surface area contributed by atoms with Crippen LogP contribution >= 0.6 is 0 Å². The van der Waals surface area contributed by atoms with Crippen LogP contribution in [0.2, 0.25) is 0 Å². The Labute approximate surface area is 203 Å². The number of nitrogens with zero attached hydrogens (tertiary/aromatic N) is 5. The summed E-state index contributed by atoms with van der Waals surface area (Å²) in [4.78, 5) is 39.4. The molecule has 8 nitrogen and oxygen atoms in total. The first-order valence-corrected chi connectivity index (χ1v) is 11.9. The van der Waals surface area contributed by atoms with Crippen LogP contribution in [0.25, 0.3) is 0 Å². The van der Waals surface area contributed by atoms with Crippen LogP contribution in [0.4, 0.5) is 19.0 Å². The lowest BCUT2D eigenvalue weighted by molar-refractivity contribution is -0.152. The number of anilines is 1. The number of carbonyl (C=O) groups is 2. The van der Waals surface area contributed by atoms with Crippen LogP contribution in [0.1, 0.15) is 53.2 Å². The van der Waals surface area contributed by atoms with Crippen molar-refractivity contribution in [3.05, 3.63) is 29.2 Å². The fourth-order valence-corrected chi connectivity index (χ4v) is 5.29. The van der Waals surface area contributed by atoms with Crippen LogP contribution in [-0.2, 0) is 20.5 Å². The van der Waals surface area contributed by atoms with Gasteiger partial charge < -0.3 is 14.5 Å². The molecule has 4 heterocycles. The fraction of sp³-hybridized carbons (Fsp3) is 0.667. The summed E-state index contributed by atoms with van der Waals surface area (Å²) in [5, 5.41) is 0. The van der Waals surface area contributed by atoms with E-state index in [1.165, 1.54) is 0 Å². The Bertz CT molecular complexity index is 1040. The van der Waals surface area contributed by atoms with E-state index in [0.717, 1.165) is 12.4 Å². The second kappa shape index (κ2) is 8.76. The van der Waals surface area contributed by atoms with E-state index >= 15 is 0 Å². The molecule has 0 bridgehead atoms. The van der Waals surface area contributed by atoms with Crippen molar-refractivity contribution in [3.8, 4) is 0 Å². The van der Waals surface area contributed by atoms with E-state index in [9.17, 15) is 22.8 Å². The number of alkyl halides is 3. The molecule has 1 atom stereocenters. The van der Waals surface area contributed by atoms with Crippen molar-refractivity contribution in [1.29, 1.82) is 0 Å². The minimum absolute atomic E-state index is 0.0219. The van der Waals surface area contributed by atoms with Gasteiger partial charge in [-0.2, -0.15) is 13.2 Å². The quantitative estimate of drug-likeness (QED) is 0.584. The van der Waals surface area contributed by atoms with Gasteiger partial charge in [0.2, 0.25) is 0 Å². The zero-order chi connectivity index (χ0) is 25.8. The molecule has 0 N–H and O–H groups in total. The molecule has 3 aliphatic rings. The molecule has 35 heavy (non-hydrogen) atoms. The number of piperidine rings is 1. The van der Waals surface area contributed by atoms with Crippen LogP contribution in [0.15, 0.2) is 23.5 Å². The Hall–Kier alpha value is -2.69. The van der Waals surface area contributed by atoms with Gasteiger partial charge in [-0.05, 0) is 34.6 Å². The minimum atomic E-state index is -4.56. The van der Waals surface area contributed by atoms with Crippen LogP contribution in [0.5, 0.6) is 0 Å². The molecule has 1 amide bonds. The van der Waals surface area contributed by atoms with Gasteiger partial charge in [0, 0.05) is 68.8 Å². The largest absolute Gasteiger partial charge is 0.450 e. The summed E-state index contributed by atoms with van der Waals surface area (Å²) in [6, 6.07) is 0.656. The highest BCUT2D eigenvalue weighted by atomic mass is 19.4. The maximum absolute atomic E-state index is 13.7. The van der Waals surface area contributed by atoms with Gasteiger partial charge in [-0.1, -0.05) is 0 Å². The van der Waals surface area contributed by atoms with E-state index in [4.69, 9.17) is 4.74 Å². The molecule has 1 spiro atoms. The predicted molar refractivity (Wildman–Crippen MR) is 123 cm³/mol. The Morgan fingerprint density at radius 1 is 1.11 bits per heavy atom. The van der Waals surface area contributed by atoms with E-state index in [1.54, 1.807) is 16.7 Å². The number of esters is 1. The third-order valence-electron chi connectivity index (χ3n) is 7.31. The molecule has 1 aromatic rings. The normalized spacial score (nSPS) is 23.8. The van der Waals surface area contributed by atoms with Crippen LogP contribution in [-0.4, -0.2) is 81.5 Å². The number of hydrogen-bond acceptors (Lipinski definition) is 7. The molecule has 192 valence electrons. The number of carbonyl (C=O) groups excluding carboxylic acids is 2. The first-order valence-electron chi connectivity index (χ1n) is 11.9. The number of halogens is 3. The number of rotatable bonds is 2. The molecule has 2 fully saturated rings. The highest BCUT2D eigenvalue weighted by molar-refractivity contribution is 6.07. The zero-order valence-electron chi connectivity index (χ0n) is 20.8. The van der Waals surface area contributed by atoms with Gasteiger partial charge in [0.05, 0.1) is 5.57 Å². The zero-order valence-corrected chi connectivity index (χ0v) is 20.8. The molecule has 0 radical (unpaired) electrons. The van der Waals surface area contributed by atoms with E-state index in [1.807, 2.05) is 6.92 Å². The van der Waals surface area contributed by atoms with Crippen molar-refractivity contribution < 1.29 is 27.5 Å². The first-order chi connectivity index (χ1) is 16.2. The Balaban J connectivity index is 1.51. The lowest BCUT2D eigenvalue weighted by Gasteiger charge is -2.46. The van der Waals surface area contributed by atoms with Gasteiger partial charge in [-0.15, -0.1) is 0 Å². The highest BCUT2D eigenvalue weighted by Gasteiger charge is 2.52. The number of piperazine rings is 1. The summed E-state index contributed by atoms with van der Waals surface area (Å²) in [5.74, 6) is -0.514. The molecule has 0 aromatic carbocycles. The SMILES string of the molecule is CC1=C(C(=O)N2CCN(c3cc(C(F)(F)F)ncn3)[C@@H](C)C2)C2(CCN(C(C)(C)C)CC2)OC1=O. The maximum Gasteiger partial charge on any atom is 0.433 e. The van der Waals surface area contributed by atoms with E-state index in [2.05, 4.69) is 35.6 Å². The average Bonchev–Trinajstić information content (AvgIpc) is 3.01. The van der Waals surface area contributed by atoms with Crippen LogP contribution < -0.4 is 4.90 Å². The summed E-state index contributed by atoms with van der Waals surface area (Å²) < 4.78 is 45.1. The van der Waals surface area contributed by atoms with Crippen molar-refractivity contribution in [1.82, 2.24) is 19.8 Å². The highest BCUT2D eigenvalue weighted by Crippen LogP contribution is 2.43. The lowest BCUT2D eigenvalue weighted by atomic mass is 9.81. The van der Waals surface area contributed by atoms with Gasteiger partial charge >= 0.3 is 12.1 Å². The monoisotopic (exact) mass is 495 g/mol. The van der Waals surface area contributed by atoms with Crippen LogP contribution in [0, 0.1) is 0 Å². The number of aromatic nitrogens is 2. The van der Waals surface area contributed by atoms with E-state index in [0.29, 0.717) is 56.7 Å². The second-order valence-electron chi connectivity index (χ2n) is 10.6. The van der Waals surface area contributed by atoms with Crippen molar-refractivity contribution in [2.24, 2.45) is 0 Å². The molecular formula is C24H32F3N5O3. The molecule has 4 rings (SSSR count). The fourth-order valence-electron chi connectivity index (χ4n) is 5.29. The summed E-state index contributed by atoms with van der Waals surface area (Å²) in [6.07, 6.45) is -2.56. The smallest absolute Gasteiger partial charge is 0.433 e. The Kier molecular flexibility index (Phi) is 6.36. The first kappa shape index (κ1) is 25.4. The topological polar surface area (TPSA) is 78.9 Å². The van der Waals surface area contributed by atoms with Gasteiger partial charge in [-0.3, -0.25) is 9.69 Å². The van der Waals surface area contributed by atoms with Gasteiger partial charge in [0.15, 0.2) is 0 Å². The predicted octanol–water partition coefficient (Wildman–Crippen LogP) is 3.04. The molecule has 0 unspecified atom stereocenters. The Morgan fingerprint density at radius 2 is 1.77 bits per heavy atom. The van der Waals surface area contributed by atoms with Gasteiger partial charge in [0.1, 0.15) is 23.4 Å². The maximum atomic E-state index is 13.7. The van der Waals surface area contributed by atoms with Crippen LogP contribution in [0.3, 0.4) is 0 Å². The number of ether oxygens (including phenoxy) is 1. The Morgan fingerprint density at radius 3 is 2.34 bits per heavy atom. The van der Waals surface area contributed by atoms with Gasteiger partial charge in [0.25, 0.3) is 5.91 Å². The lowest BCUT2D eigenvalue weighted by Crippen LogP contribution is -2.57. The van der Waals surface area contributed by atoms with Gasteiger partial charge in [-0.25, -0.2) is 14.8 Å². The number of likely N-dealkylation sites (tertiary alicyclic amines) is 1. The molecule has 11 heteroatoms. The molecule has 0 aliphatic carbocycles. The van der Waals surface area contributed by atoms with Crippen molar-refractivity contribution in [2.45, 2.75) is 70.8 Å². The summed E-state index contributed by atoms with van der Waals surface area (Å²) >= 11 is 0. The van der Waals surface area contributed by atoms with Crippen molar-refractivity contribution in [3.63, 3.8) is 0 Å². The summed E-state index contributed by atoms with van der Waals surface area (Å²) in [7, 11) is 0. The molecular weight excluding hydrogens is 463 g/mol. The van der Waals surface area contributed by atoms with Crippen molar-refractivity contribution in [2.75, 3.05) is 37.6 Å². The van der Waals surface area contributed by atoms with Crippen molar-refractivity contribution >= 4 is 17.7 Å². The van der Waals surface area contributed by atoms with E-state index in [-0.39, 0.29) is 23.3 Å². The molecule has 3 aliphatic heterocycles.